The van der Waals surface area contributed by atoms with Crippen LogP contribution in [0.2, 0.25) is 0 Å². The summed E-state index contributed by atoms with van der Waals surface area (Å²) in [4.78, 5) is 0. The van der Waals surface area contributed by atoms with Crippen molar-refractivity contribution in [2.75, 3.05) is 7.11 Å². The molecule has 0 amide bonds. The Labute approximate surface area is 102 Å². The molecule has 1 aliphatic carbocycles. The predicted octanol–water partition coefficient (Wildman–Crippen LogP) is 3.28. The van der Waals surface area contributed by atoms with Gasteiger partial charge in [-0.2, -0.15) is 5.26 Å². The Balaban J connectivity index is 2.11. The molecular weight excluding hydrogens is 214 g/mol. The van der Waals surface area contributed by atoms with Gasteiger partial charge < -0.3 is 9.47 Å². The summed E-state index contributed by atoms with van der Waals surface area (Å²) in [5.41, 5.74) is 0.579. The van der Waals surface area contributed by atoms with Crippen LogP contribution < -0.4 is 9.47 Å². The van der Waals surface area contributed by atoms with Crippen LogP contribution in [0, 0.1) is 11.3 Å². The lowest BCUT2D eigenvalue weighted by Gasteiger charge is -2.23. The molecule has 0 N–H and O–H groups in total. The van der Waals surface area contributed by atoms with E-state index in [1.54, 1.807) is 19.2 Å². The van der Waals surface area contributed by atoms with E-state index in [0.29, 0.717) is 17.4 Å². The summed E-state index contributed by atoms with van der Waals surface area (Å²) in [5, 5.41) is 8.93. The van der Waals surface area contributed by atoms with Crippen LogP contribution in [0.15, 0.2) is 18.2 Å². The second-order valence-electron chi connectivity index (χ2n) is 4.39. The van der Waals surface area contributed by atoms with Crippen LogP contribution in [0.1, 0.15) is 37.7 Å². The van der Waals surface area contributed by atoms with Gasteiger partial charge in [-0.3, -0.25) is 0 Å². The summed E-state index contributed by atoms with van der Waals surface area (Å²) in [7, 11) is 1.60. The van der Waals surface area contributed by atoms with Crippen LogP contribution >= 0.6 is 0 Å². The van der Waals surface area contributed by atoms with Gasteiger partial charge in [0.05, 0.1) is 24.8 Å². The quantitative estimate of drug-likeness (QED) is 0.801. The smallest absolute Gasteiger partial charge is 0.124 e. The molecule has 3 heteroatoms. The highest BCUT2D eigenvalue weighted by atomic mass is 16.5. The summed E-state index contributed by atoms with van der Waals surface area (Å²) in [5.74, 6) is 1.42. The van der Waals surface area contributed by atoms with E-state index in [-0.39, 0.29) is 0 Å². The standard InChI is InChI=1S/C14H17NO2/c1-16-13-7-11(10-15)8-14(9-13)17-12-5-3-2-4-6-12/h7-9,12H,2-6H2,1H3. The number of hydrogen-bond donors (Lipinski definition) is 0. The monoisotopic (exact) mass is 231 g/mol. The highest BCUT2D eigenvalue weighted by molar-refractivity contribution is 5.43. The zero-order valence-electron chi connectivity index (χ0n) is 10.1. The van der Waals surface area contributed by atoms with Crippen LogP contribution in [0.3, 0.4) is 0 Å². The minimum absolute atomic E-state index is 0.294. The fraction of sp³-hybridized carbons (Fsp3) is 0.500. The fourth-order valence-corrected chi connectivity index (χ4v) is 2.20. The van der Waals surface area contributed by atoms with Gasteiger partial charge in [0.1, 0.15) is 11.5 Å². The first-order chi connectivity index (χ1) is 8.31. The summed E-state index contributed by atoms with van der Waals surface area (Å²) in [6, 6.07) is 7.45. The largest absolute Gasteiger partial charge is 0.497 e. The van der Waals surface area contributed by atoms with E-state index < -0.39 is 0 Å². The molecule has 0 aromatic heterocycles. The molecule has 0 aliphatic heterocycles. The van der Waals surface area contributed by atoms with Crippen molar-refractivity contribution in [3.8, 4) is 17.6 Å². The van der Waals surface area contributed by atoms with Crippen molar-refractivity contribution >= 4 is 0 Å². The van der Waals surface area contributed by atoms with Crippen LogP contribution in [-0.2, 0) is 0 Å². The van der Waals surface area contributed by atoms with Gasteiger partial charge in [0.15, 0.2) is 0 Å². The molecule has 0 saturated heterocycles. The molecule has 1 aromatic rings. The van der Waals surface area contributed by atoms with E-state index in [1.807, 2.05) is 6.07 Å². The minimum atomic E-state index is 0.294. The zero-order chi connectivity index (χ0) is 12.1. The number of hydrogen-bond acceptors (Lipinski definition) is 3. The highest BCUT2D eigenvalue weighted by Gasteiger charge is 2.15. The van der Waals surface area contributed by atoms with E-state index in [9.17, 15) is 0 Å². The molecule has 0 atom stereocenters. The molecule has 90 valence electrons. The topological polar surface area (TPSA) is 42.2 Å². The second kappa shape index (κ2) is 5.58. The van der Waals surface area contributed by atoms with Gasteiger partial charge in [-0.15, -0.1) is 0 Å². The number of nitrogens with zero attached hydrogens (tertiary/aromatic N) is 1. The molecular formula is C14H17NO2. The van der Waals surface area contributed by atoms with Gasteiger partial charge in [0.25, 0.3) is 0 Å². The lowest BCUT2D eigenvalue weighted by molar-refractivity contribution is 0.154. The van der Waals surface area contributed by atoms with Crippen molar-refractivity contribution in [2.45, 2.75) is 38.2 Å². The molecule has 0 spiro atoms. The SMILES string of the molecule is COc1cc(C#N)cc(OC2CCCCC2)c1. The first kappa shape index (κ1) is 11.8. The predicted molar refractivity (Wildman–Crippen MR) is 65.2 cm³/mol. The average molecular weight is 231 g/mol. The number of rotatable bonds is 3. The summed E-state index contributed by atoms with van der Waals surface area (Å²) >= 11 is 0. The van der Waals surface area contributed by atoms with Crippen molar-refractivity contribution in [3.05, 3.63) is 23.8 Å². The number of ether oxygens (including phenoxy) is 2. The van der Waals surface area contributed by atoms with Crippen molar-refractivity contribution in [3.63, 3.8) is 0 Å². The Bertz CT molecular complexity index is 417. The van der Waals surface area contributed by atoms with Gasteiger partial charge in [-0.1, -0.05) is 6.42 Å². The van der Waals surface area contributed by atoms with Crippen LogP contribution in [0.25, 0.3) is 0 Å². The molecule has 0 bridgehead atoms. The second-order valence-corrected chi connectivity index (χ2v) is 4.39. The van der Waals surface area contributed by atoms with Crippen molar-refractivity contribution in [1.29, 1.82) is 5.26 Å². The van der Waals surface area contributed by atoms with Gasteiger partial charge in [-0.25, -0.2) is 0 Å². The molecule has 0 radical (unpaired) electrons. The van der Waals surface area contributed by atoms with Gasteiger partial charge in [0.2, 0.25) is 0 Å². The van der Waals surface area contributed by atoms with E-state index in [1.165, 1.54) is 19.3 Å². The van der Waals surface area contributed by atoms with E-state index in [0.717, 1.165) is 18.6 Å². The fourth-order valence-electron chi connectivity index (χ4n) is 2.20. The number of methoxy groups -OCH3 is 1. The lowest BCUT2D eigenvalue weighted by atomic mass is 9.98. The molecule has 1 aromatic carbocycles. The third kappa shape index (κ3) is 3.13. The normalized spacial score (nSPS) is 16.2. The molecule has 1 saturated carbocycles. The molecule has 1 aliphatic rings. The van der Waals surface area contributed by atoms with Crippen molar-refractivity contribution < 1.29 is 9.47 Å². The molecule has 0 unspecified atom stereocenters. The van der Waals surface area contributed by atoms with E-state index in [2.05, 4.69) is 6.07 Å². The third-order valence-corrected chi connectivity index (χ3v) is 3.10. The zero-order valence-corrected chi connectivity index (χ0v) is 10.1. The maximum atomic E-state index is 8.93. The Morgan fingerprint density at radius 3 is 2.47 bits per heavy atom. The highest BCUT2D eigenvalue weighted by Crippen LogP contribution is 2.27. The maximum absolute atomic E-state index is 8.93. The molecule has 3 nitrogen and oxygen atoms in total. The molecule has 2 rings (SSSR count). The lowest BCUT2D eigenvalue weighted by Crippen LogP contribution is -2.19. The molecule has 17 heavy (non-hydrogen) atoms. The first-order valence-electron chi connectivity index (χ1n) is 6.07. The Morgan fingerprint density at radius 2 is 1.82 bits per heavy atom. The van der Waals surface area contributed by atoms with Crippen LogP contribution in [-0.4, -0.2) is 13.2 Å². The number of benzene rings is 1. The first-order valence-corrected chi connectivity index (χ1v) is 6.07. The van der Waals surface area contributed by atoms with Gasteiger partial charge >= 0.3 is 0 Å². The average Bonchev–Trinajstić information content (AvgIpc) is 2.39. The Kier molecular flexibility index (Phi) is 3.87. The minimum Gasteiger partial charge on any atom is -0.497 e. The van der Waals surface area contributed by atoms with E-state index >= 15 is 0 Å². The van der Waals surface area contributed by atoms with Crippen LogP contribution in [0.5, 0.6) is 11.5 Å². The Hall–Kier alpha value is -1.69. The molecule has 0 heterocycles. The maximum Gasteiger partial charge on any atom is 0.124 e. The Morgan fingerprint density at radius 1 is 1.12 bits per heavy atom. The van der Waals surface area contributed by atoms with Gasteiger partial charge in [-0.05, 0) is 37.8 Å². The van der Waals surface area contributed by atoms with Crippen molar-refractivity contribution in [1.82, 2.24) is 0 Å². The third-order valence-electron chi connectivity index (χ3n) is 3.10. The summed E-state index contributed by atoms with van der Waals surface area (Å²) in [6.45, 7) is 0. The number of nitriles is 1. The van der Waals surface area contributed by atoms with Gasteiger partial charge in [0, 0.05) is 6.07 Å². The summed E-state index contributed by atoms with van der Waals surface area (Å²) < 4.78 is 11.1. The van der Waals surface area contributed by atoms with Crippen LogP contribution in [0.4, 0.5) is 0 Å². The van der Waals surface area contributed by atoms with E-state index in [4.69, 9.17) is 14.7 Å². The molecule has 1 fully saturated rings. The summed E-state index contributed by atoms with van der Waals surface area (Å²) in [6.07, 6.45) is 6.29. The van der Waals surface area contributed by atoms with Crippen molar-refractivity contribution in [2.24, 2.45) is 0 Å².